The second-order valence-corrected chi connectivity index (χ2v) is 4.87. The molecule has 0 aromatic heterocycles. The maximum atomic E-state index is 3.72. The Bertz CT molecular complexity index is 287. The molecule has 0 fully saturated rings. The lowest BCUT2D eigenvalue weighted by molar-refractivity contribution is 0.435. The van der Waals surface area contributed by atoms with Crippen molar-refractivity contribution in [2.45, 2.75) is 39.5 Å². The molecular formula is C15H22. The van der Waals surface area contributed by atoms with Gasteiger partial charge in [0, 0.05) is 0 Å². The molecule has 0 amide bonds. The zero-order valence-corrected chi connectivity index (χ0v) is 10.00. The molecule has 0 saturated carbocycles. The largest absolute Gasteiger partial charge is 0.103 e. The Labute approximate surface area is 94.1 Å². The molecule has 0 unspecified atom stereocenters. The van der Waals surface area contributed by atoms with Crippen LogP contribution in [-0.2, 0) is 0 Å². The third kappa shape index (κ3) is 4.83. The molecule has 0 bridgehead atoms. The summed E-state index contributed by atoms with van der Waals surface area (Å²) in [5, 5.41) is 0. The fourth-order valence-electron chi connectivity index (χ4n) is 1.73. The van der Waals surface area contributed by atoms with E-state index in [2.05, 4.69) is 50.8 Å². The summed E-state index contributed by atoms with van der Waals surface area (Å²) in [4.78, 5) is 0. The number of rotatable bonds is 6. The Hall–Kier alpha value is -1.04. The Morgan fingerprint density at radius 3 is 2.87 bits per heavy atom. The highest BCUT2D eigenvalue weighted by Crippen LogP contribution is 2.28. The van der Waals surface area contributed by atoms with E-state index in [1.54, 1.807) is 5.57 Å². The van der Waals surface area contributed by atoms with Gasteiger partial charge < -0.3 is 0 Å². The van der Waals surface area contributed by atoms with Crippen molar-refractivity contribution in [2.75, 3.05) is 0 Å². The van der Waals surface area contributed by atoms with Crippen molar-refractivity contribution in [1.82, 2.24) is 0 Å². The van der Waals surface area contributed by atoms with E-state index in [-0.39, 0.29) is 0 Å². The molecule has 82 valence electrons. The molecule has 15 heavy (non-hydrogen) atoms. The van der Waals surface area contributed by atoms with Crippen LogP contribution in [0.15, 0.2) is 48.6 Å². The molecule has 1 rings (SSSR count). The molecule has 0 radical (unpaired) electrons. The van der Waals surface area contributed by atoms with E-state index in [1.807, 2.05) is 6.08 Å². The summed E-state index contributed by atoms with van der Waals surface area (Å²) in [6.45, 7) is 8.32. The van der Waals surface area contributed by atoms with E-state index in [4.69, 9.17) is 0 Å². The van der Waals surface area contributed by atoms with Crippen molar-refractivity contribution >= 4 is 0 Å². The second-order valence-electron chi connectivity index (χ2n) is 4.87. The lowest BCUT2D eigenvalue weighted by atomic mass is 9.85. The molecule has 1 aliphatic carbocycles. The molecule has 0 nitrogen and oxygen atoms in total. The molecular weight excluding hydrogens is 180 g/mol. The van der Waals surface area contributed by atoms with Gasteiger partial charge in [0.25, 0.3) is 0 Å². The zero-order chi connectivity index (χ0) is 11.1. The van der Waals surface area contributed by atoms with Gasteiger partial charge in [-0.3, -0.25) is 0 Å². The van der Waals surface area contributed by atoms with E-state index in [1.165, 1.54) is 12.8 Å². The third-order valence-electron chi connectivity index (χ3n) is 2.81. The summed E-state index contributed by atoms with van der Waals surface area (Å²) in [6.07, 6.45) is 17.7. The van der Waals surface area contributed by atoms with Crippen molar-refractivity contribution < 1.29 is 0 Å². The maximum absolute atomic E-state index is 3.72. The van der Waals surface area contributed by atoms with Crippen molar-refractivity contribution in [3.05, 3.63) is 48.6 Å². The second kappa shape index (κ2) is 5.75. The predicted octanol–water partition coefficient (Wildman–Crippen LogP) is 4.81. The number of allylic oxidation sites excluding steroid dienone is 7. The zero-order valence-electron chi connectivity index (χ0n) is 10.00. The summed E-state index contributed by atoms with van der Waals surface area (Å²) in [5.74, 6) is 0. The van der Waals surface area contributed by atoms with Crippen LogP contribution in [0.5, 0.6) is 0 Å². The number of hydrogen-bond acceptors (Lipinski definition) is 0. The highest BCUT2D eigenvalue weighted by Gasteiger charge is 2.14. The van der Waals surface area contributed by atoms with Gasteiger partial charge >= 0.3 is 0 Å². The van der Waals surface area contributed by atoms with E-state index in [9.17, 15) is 0 Å². The highest BCUT2D eigenvalue weighted by atomic mass is 14.2. The Morgan fingerprint density at radius 2 is 2.27 bits per heavy atom. The van der Waals surface area contributed by atoms with E-state index >= 15 is 0 Å². The van der Waals surface area contributed by atoms with Gasteiger partial charge in [0.1, 0.15) is 0 Å². The third-order valence-corrected chi connectivity index (χ3v) is 2.81. The minimum Gasteiger partial charge on any atom is -0.103 e. The van der Waals surface area contributed by atoms with E-state index < -0.39 is 0 Å². The SMILES string of the molecule is C=CC/C=C/C(C)(C)CCC1=CC=CC1. The van der Waals surface area contributed by atoms with Gasteiger partial charge in [-0.2, -0.15) is 0 Å². The molecule has 0 aromatic carbocycles. The van der Waals surface area contributed by atoms with Gasteiger partial charge in [-0.1, -0.05) is 55.9 Å². The maximum Gasteiger partial charge on any atom is -0.0133 e. The Balaban J connectivity index is 2.31. The molecule has 0 heterocycles. The van der Waals surface area contributed by atoms with Gasteiger partial charge in [-0.15, -0.1) is 6.58 Å². The van der Waals surface area contributed by atoms with Gasteiger partial charge in [0.2, 0.25) is 0 Å². The standard InChI is InChI=1S/C15H22/c1-4-5-8-12-15(2,3)13-11-14-9-6-7-10-14/h4,6-9,12H,1,5,10-11,13H2,2-3H3/b12-8+. The first-order valence-corrected chi connectivity index (χ1v) is 5.77. The smallest absolute Gasteiger partial charge is 0.0133 e. The minimum atomic E-state index is 0.312. The van der Waals surface area contributed by atoms with Crippen LogP contribution < -0.4 is 0 Å². The van der Waals surface area contributed by atoms with Crippen LogP contribution >= 0.6 is 0 Å². The summed E-state index contributed by atoms with van der Waals surface area (Å²) in [7, 11) is 0. The first kappa shape index (κ1) is 12.0. The van der Waals surface area contributed by atoms with Gasteiger partial charge in [-0.05, 0) is 31.1 Å². The van der Waals surface area contributed by atoms with Crippen LogP contribution in [0, 0.1) is 5.41 Å². The monoisotopic (exact) mass is 202 g/mol. The van der Waals surface area contributed by atoms with E-state index in [0.717, 1.165) is 12.8 Å². The summed E-state index contributed by atoms with van der Waals surface area (Å²) >= 11 is 0. The van der Waals surface area contributed by atoms with Crippen LogP contribution in [0.1, 0.15) is 39.5 Å². The van der Waals surface area contributed by atoms with Crippen molar-refractivity contribution in [3.63, 3.8) is 0 Å². The fourth-order valence-corrected chi connectivity index (χ4v) is 1.73. The van der Waals surface area contributed by atoms with Crippen molar-refractivity contribution in [2.24, 2.45) is 5.41 Å². The molecule has 0 N–H and O–H groups in total. The molecule has 0 aromatic rings. The van der Waals surface area contributed by atoms with Crippen LogP contribution in [0.3, 0.4) is 0 Å². The summed E-state index contributed by atoms with van der Waals surface area (Å²) in [5.41, 5.74) is 1.88. The molecule has 0 saturated heterocycles. The summed E-state index contributed by atoms with van der Waals surface area (Å²) < 4.78 is 0. The van der Waals surface area contributed by atoms with Crippen LogP contribution in [0.2, 0.25) is 0 Å². The molecule has 0 heteroatoms. The first-order chi connectivity index (χ1) is 7.14. The van der Waals surface area contributed by atoms with Gasteiger partial charge in [-0.25, -0.2) is 0 Å². The van der Waals surface area contributed by atoms with Gasteiger partial charge in [0.05, 0.1) is 0 Å². The molecule has 0 spiro atoms. The molecule has 0 atom stereocenters. The summed E-state index contributed by atoms with van der Waals surface area (Å²) in [6, 6.07) is 0. The Morgan fingerprint density at radius 1 is 1.47 bits per heavy atom. The molecule has 1 aliphatic rings. The van der Waals surface area contributed by atoms with Crippen molar-refractivity contribution in [3.8, 4) is 0 Å². The predicted molar refractivity (Wildman–Crippen MR) is 68.8 cm³/mol. The number of hydrogen-bond donors (Lipinski definition) is 0. The van der Waals surface area contributed by atoms with E-state index in [0.29, 0.717) is 5.41 Å². The lowest BCUT2D eigenvalue weighted by Gasteiger charge is -2.20. The van der Waals surface area contributed by atoms with Crippen molar-refractivity contribution in [1.29, 1.82) is 0 Å². The van der Waals surface area contributed by atoms with Crippen LogP contribution in [-0.4, -0.2) is 0 Å². The Kier molecular flexibility index (Phi) is 4.61. The highest BCUT2D eigenvalue weighted by molar-refractivity contribution is 5.23. The van der Waals surface area contributed by atoms with Crippen LogP contribution in [0.25, 0.3) is 0 Å². The first-order valence-electron chi connectivity index (χ1n) is 5.77. The molecule has 0 aliphatic heterocycles. The average Bonchev–Trinajstić information content (AvgIpc) is 2.68. The quantitative estimate of drug-likeness (QED) is 0.542. The fraction of sp³-hybridized carbons (Fsp3) is 0.467. The minimum absolute atomic E-state index is 0.312. The normalized spacial score (nSPS) is 16.0. The lowest BCUT2D eigenvalue weighted by Crippen LogP contribution is -2.07. The van der Waals surface area contributed by atoms with Crippen LogP contribution in [0.4, 0.5) is 0 Å². The van der Waals surface area contributed by atoms with Gasteiger partial charge in [0.15, 0.2) is 0 Å². The average molecular weight is 202 g/mol. The topological polar surface area (TPSA) is 0 Å².